The third kappa shape index (κ3) is 5.52. The highest BCUT2D eigenvalue weighted by atomic mass is 16.4. The number of nitrogens with zero attached hydrogens (tertiary/aromatic N) is 7. The molecule has 3 aliphatic heterocycles. The average molecular weight is 570 g/mol. The lowest BCUT2D eigenvalue weighted by molar-refractivity contribution is 0.0688. The van der Waals surface area contributed by atoms with Crippen molar-refractivity contribution < 1.29 is 19.8 Å². The average Bonchev–Trinajstić information content (AvgIpc) is 3.75. The van der Waals surface area contributed by atoms with E-state index in [4.69, 9.17) is 0 Å². The monoisotopic (exact) mass is 569 g/mol. The second-order valence-corrected chi connectivity index (χ2v) is 11.6. The van der Waals surface area contributed by atoms with Crippen molar-refractivity contribution in [3.63, 3.8) is 0 Å². The molecular weight excluding hydrogens is 534 g/mol. The Hall–Kier alpha value is -4.51. The van der Waals surface area contributed by atoms with Gasteiger partial charge < -0.3 is 24.9 Å². The van der Waals surface area contributed by atoms with Gasteiger partial charge in [0.2, 0.25) is 5.82 Å². The predicted molar refractivity (Wildman–Crippen MR) is 158 cm³/mol. The minimum atomic E-state index is -1.05. The number of likely N-dealkylation sites (tertiary alicyclic amines) is 1. The Balaban J connectivity index is 0.000000470. The van der Waals surface area contributed by atoms with Crippen LogP contribution in [-0.2, 0) is 6.61 Å². The fourth-order valence-corrected chi connectivity index (χ4v) is 6.12. The molecule has 0 radical (unpaired) electrons. The number of amides is 1. The maximum atomic E-state index is 13.3. The summed E-state index contributed by atoms with van der Waals surface area (Å²) in [4.78, 5) is 39.4. The number of rotatable bonds is 5. The van der Waals surface area contributed by atoms with E-state index in [-0.39, 0.29) is 29.4 Å². The van der Waals surface area contributed by atoms with Crippen molar-refractivity contribution in [3.05, 3.63) is 83.9 Å². The molecule has 42 heavy (non-hydrogen) atoms. The summed E-state index contributed by atoms with van der Waals surface area (Å²) < 4.78 is 1.62. The van der Waals surface area contributed by atoms with Gasteiger partial charge in [-0.3, -0.25) is 4.79 Å². The molecule has 3 fully saturated rings. The molecule has 1 amide bonds. The second kappa shape index (κ2) is 11.4. The molecule has 1 atom stereocenters. The molecule has 3 aliphatic rings. The van der Waals surface area contributed by atoms with Gasteiger partial charge in [-0.15, -0.1) is 5.10 Å². The summed E-state index contributed by atoms with van der Waals surface area (Å²) in [7, 11) is 0. The van der Waals surface area contributed by atoms with Crippen LogP contribution in [0.25, 0.3) is 5.65 Å². The fourth-order valence-electron chi connectivity index (χ4n) is 6.12. The molecule has 7 rings (SSSR count). The summed E-state index contributed by atoms with van der Waals surface area (Å²) >= 11 is 0. The quantitative estimate of drug-likeness (QED) is 0.372. The van der Waals surface area contributed by atoms with Crippen molar-refractivity contribution in [1.29, 1.82) is 0 Å². The van der Waals surface area contributed by atoms with E-state index in [9.17, 15) is 19.8 Å². The Bertz CT molecular complexity index is 1560. The lowest BCUT2D eigenvalue weighted by atomic mass is 9.79. The van der Waals surface area contributed by atoms with Crippen LogP contribution in [0.2, 0.25) is 0 Å². The molecule has 0 saturated carbocycles. The lowest BCUT2D eigenvalue weighted by Crippen LogP contribution is -2.58. The van der Waals surface area contributed by atoms with E-state index >= 15 is 0 Å². The smallest absolute Gasteiger partial charge is 0.354 e. The van der Waals surface area contributed by atoms with Gasteiger partial charge in [0.25, 0.3) is 5.91 Å². The van der Waals surface area contributed by atoms with Gasteiger partial charge in [0.1, 0.15) is 5.82 Å². The van der Waals surface area contributed by atoms with Crippen LogP contribution >= 0.6 is 0 Å². The van der Waals surface area contributed by atoms with Gasteiger partial charge >= 0.3 is 5.97 Å². The number of carboxylic acid groups (broad SMARTS) is 1. The number of hydrogen-bond donors (Lipinski definition) is 2. The van der Waals surface area contributed by atoms with Gasteiger partial charge in [-0.1, -0.05) is 49.4 Å². The number of carboxylic acids is 1. The highest BCUT2D eigenvalue weighted by molar-refractivity contribution is 5.91. The van der Waals surface area contributed by atoms with Crippen molar-refractivity contribution >= 4 is 29.0 Å². The third-order valence-electron chi connectivity index (χ3n) is 8.37. The highest BCUT2D eigenvalue weighted by Crippen LogP contribution is 2.41. The number of aliphatic hydroxyl groups is 1. The first-order valence-corrected chi connectivity index (χ1v) is 14.3. The zero-order valence-corrected chi connectivity index (χ0v) is 23.6. The first kappa shape index (κ1) is 27.6. The molecule has 1 aromatic carbocycles. The Morgan fingerprint density at radius 3 is 2.36 bits per heavy atom. The lowest BCUT2D eigenvalue weighted by Gasteiger charge is -2.48. The van der Waals surface area contributed by atoms with E-state index in [0.29, 0.717) is 36.0 Å². The van der Waals surface area contributed by atoms with E-state index in [1.165, 1.54) is 6.07 Å². The first-order chi connectivity index (χ1) is 20.3. The van der Waals surface area contributed by atoms with Crippen LogP contribution in [0.15, 0.2) is 66.9 Å². The van der Waals surface area contributed by atoms with Crippen molar-refractivity contribution in [2.45, 2.75) is 26.4 Å². The van der Waals surface area contributed by atoms with E-state index in [1.807, 2.05) is 54.7 Å². The van der Waals surface area contributed by atoms with Gasteiger partial charge in [-0.2, -0.15) is 0 Å². The maximum Gasteiger partial charge on any atom is 0.354 e. The molecule has 1 spiro atoms. The van der Waals surface area contributed by atoms with E-state index in [1.54, 1.807) is 15.5 Å². The van der Waals surface area contributed by atoms with Gasteiger partial charge in [-0.25, -0.2) is 19.3 Å². The SMILES string of the molecule is CC1CCN(c2cc(CO)c3nc(C(=O)N4CCC5(C4)CN(c4cccc(C(=O)O)n4)C5)nn3c2)C1.c1ccccc1. The largest absolute Gasteiger partial charge is 0.477 e. The molecule has 6 heterocycles. The molecule has 0 aliphatic carbocycles. The maximum absolute atomic E-state index is 13.3. The van der Waals surface area contributed by atoms with Crippen LogP contribution in [0, 0.1) is 11.3 Å². The molecule has 1 unspecified atom stereocenters. The van der Waals surface area contributed by atoms with Gasteiger partial charge in [0.15, 0.2) is 11.3 Å². The number of hydrogen-bond acceptors (Lipinski definition) is 8. The second-order valence-electron chi connectivity index (χ2n) is 11.6. The Kier molecular flexibility index (Phi) is 7.51. The molecule has 218 valence electrons. The molecule has 11 heteroatoms. The van der Waals surface area contributed by atoms with Gasteiger partial charge in [-0.05, 0) is 37.0 Å². The number of carbonyl (C=O) groups excluding carboxylic acids is 1. The molecule has 2 N–H and O–H groups in total. The van der Waals surface area contributed by atoms with E-state index in [2.05, 4.69) is 31.8 Å². The Morgan fingerprint density at radius 2 is 1.71 bits per heavy atom. The summed E-state index contributed by atoms with van der Waals surface area (Å²) in [6, 6.07) is 18.9. The van der Waals surface area contributed by atoms with Gasteiger partial charge in [0, 0.05) is 50.2 Å². The Labute approximate surface area is 244 Å². The summed E-state index contributed by atoms with van der Waals surface area (Å²) in [5, 5.41) is 23.7. The molecule has 0 bridgehead atoms. The predicted octanol–water partition coefficient (Wildman–Crippen LogP) is 3.20. The number of benzene rings is 1. The van der Waals surface area contributed by atoms with Crippen LogP contribution in [0.4, 0.5) is 11.5 Å². The molecular formula is C31H35N7O4. The minimum absolute atomic E-state index is 0.0271. The normalized spacial score (nSPS) is 19.1. The molecule has 4 aromatic rings. The number of anilines is 2. The number of pyridine rings is 2. The van der Waals surface area contributed by atoms with Crippen molar-refractivity contribution in [2.24, 2.45) is 11.3 Å². The molecule has 3 aromatic heterocycles. The topological polar surface area (TPSA) is 127 Å². The number of aromatic nitrogens is 4. The van der Waals surface area contributed by atoms with Crippen molar-refractivity contribution in [1.82, 2.24) is 24.5 Å². The standard InChI is InChI=1S/C25H29N7O4.C6H6/c1-16-5-7-29(10-16)18-9-17(12-33)22-27-21(28-32(22)11-18)23(34)30-8-6-25(13-30)14-31(15-25)20-4-2-3-19(26-20)24(35)36;1-2-4-6-5-3-1/h2-4,9,11,16,33H,5-8,10,12-15H2,1H3,(H,35,36);1-6H. The number of aromatic carboxylic acids is 1. The molecule has 11 nitrogen and oxygen atoms in total. The first-order valence-electron chi connectivity index (χ1n) is 14.3. The summed E-state index contributed by atoms with van der Waals surface area (Å²) in [6.45, 7) is 6.63. The van der Waals surface area contributed by atoms with Crippen LogP contribution in [0.1, 0.15) is 46.4 Å². The number of fused-ring (bicyclic) bond motifs is 1. The zero-order valence-electron chi connectivity index (χ0n) is 23.6. The summed E-state index contributed by atoms with van der Waals surface area (Å²) in [5.74, 6) is 0.150. The van der Waals surface area contributed by atoms with E-state index in [0.717, 1.165) is 44.7 Å². The zero-order chi connectivity index (χ0) is 29.3. The number of aliphatic hydroxyl groups excluding tert-OH is 1. The minimum Gasteiger partial charge on any atom is -0.477 e. The van der Waals surface area contributed by atoms with Crippen LogP contribution in [-0.4, -0.2) is 85.8 Å². The van der Waals surface area contributed by atoms with Crippen molar-refractivity contribution in [3.8, 4) is 0 Å². The van der Waals surface area contributed by atoms with Crippen molar-refractivity contribution in [2.75, 3.05) is 49.1 Å². The molecule has 3 saturated heterocycles. The summed E-state index contributed by atoms with van der Waals surface area (Å²) in [5.41, 5.74) is 2.13. The Morgan fingerprint density at radius 1 is 0.976 bits per heavy atom. The highest BCUT2D eigenvalue weighted by Gasteiger charge is 2.49. The van der Waals surface area contributed by atoms with E-state index < -0.39 is 5.97 Å². The summed E-state index contributed by atoms with van der Waals surface area (Å²) in [6.07, 6.45) is 3.88. The van der Waals surface area contributed by atoms with Gasteiger partial charge in [0.05, 0.1) is 18.5 Å². The van der Waals surface area contributed by atoms with Crippen LogP contribution in [0.5, 0.6) is 0 Å². The third-order valence-corrected chi connectivity index (χ3v) is 8.37. The fraction of sp³-hybridized carbons (Fsp3) is 0.387. The van der Waals surface area contributed by atoms with Crippen LogP contribution < -0.4 is 9.80 Å². The van der Waals surface area contributed by atoms with Crippen LogP contribution in [0.3, 0.4) is 0 Å². The number of carbonyl (C=O) groups is 2.